The van der Waals surface area contributed by atoms with Crippen LogP contribution in [0.2, 0.25) is 0 Å². The van der Waals surface area contributed by atoms with Gasteiger partial charge in [-0.25, -0.2) is 9.18 Å². The topological polar surface area (TPSA) is 69.6 Å². The Kier molecular flexibility index (Phi) is 7.34. The minimum Gasteiger partial charge on any atom is -0.481 e. The number of urea groups is 1. The lowest BCUT2D eigenvalue weighted by Crippen LogP contribution is -2.44. The lowest BCUT2D eigenvalue weighted by atomic mass is 10.0. The molecule has 0 aliphatic carbocycles. The predicted molar refractivity (Wildman–Crippen MR) is 102 cm³/mol. The smallest absolute Gasteiger partial charge is 0.317 e. The Morgan fingerprint density at radius 1 is 1.19 bits per heavy atom. The van der Waals surface area contributed by atoms with E-state index >= 15 is 0 Å². The second-order valence-electron chi connectivity index (χ2n) is 6.72. The molecular weight excluding hydrogens is 347 g/mol. The lowest BCUT2D eigenvalue weighted by Gasteiger charge is -2.24. The Morgan fingerprint density at radius 2 is 1.89 bits per heavy atom. The molecule has 0 saturated heterocycles. The number of benzene rings is 2. The van der Waals surface area contributed by atoms with Gasteiger partial charge in [-0.3, -0.25) is 4.79 Å². The first-order valence-electron chi connectivity index (χ1n) is 8.87. The van der Waals surface area contributed by atoms with Gasteiger partial charge in [0.1, 0.15) is 5.82 Å². The van der Waals surface area contributed by atoms with Crippen LogP contribution in [-0.2, 0) is 17.8 Å². The molecule has 0 spiro atoms. The summed E-state index contributed by atoms with van der Waals surface area (Å²) in [6, 6.07) is 13.7. The maximum Gasteiger partial charge on any atom is 0.317 e. The molecule has 0 saturated carbocycles. The van der Waals surface area contributed by atoms with E-state index in [0.29, 0.717) is 18.4 Å². The van der Waals surface area contributed by atoms with Gasteiger partial charge in [-0.05, 0) is 31.4 Å². The summed E-state index contributed by atoms with van der Waals surface area (Å²) in [4.78, 5) is 24.9. The molecule has 27 heavy (non-hydrogen) atoms. The maximum absolute atomic E-state index is 13.9. The van der Waals surface area contributed by atoms with E-state index < -0.39 is 5.97 Å². The molecule has 0 bridgehead atoms. The number of aryl methyl sites for hydroxylation is 1. The van der Waals surface area contributed by atoms with Crippen molar-refractivity contribution in [1.82, 2.24) is 10.2 Å². The van der Waals surface area contributed by atoms with E-state index in [0.717, 1.165) is 11.1 Å². The van der Waals surface area contributed by atoms with Crippen LogP contribution < -0.4 is 5.32 Å². The standard InChI is InChI=1S/C21H25FN2O3/c1-15-8-10-19(22)17(12-15)14-24(2)21(27)23-18(9-11-20(25)26)13-16-6-4-3-5-7-16/h3-8,10,12,18H,9,11,13-14H2,1-2H3,(H,23,27)(H,25,26). The fourth-order valence-corrected chi connectivity index (χ4v) is 2.86. The molecule has 5 nitrogen and oxygen atoms in total. The molecule has 2 N–H and O–H groups in total. The first-order valence-corrected chi connectivity index (χ1v) is 8.87. The summed E-state index contributed by atoms with van der Waals surface area (Å²) < 4.78 is 13.9. The molecule has 0 aliphatic heterocycles. The quantitative estimate of drug-likeness (QED) is 0.741. The molecule has 2 aromatic carbocycles. The van der Waals surface area contributed by atoms with E-state index in [2.05, 4.69) is 5.32 Å². The number of halogens is 1. The Labute approximate surface area is 158 Å². The number of hydrogen-bond acceptors (Lipinski definition) is 2. The minimum atomic E-state index is -0.905. The van der Waals surface area contributed by atoms with Crippen molar-refractivity contribution >= 4 is 12.0 Å². The van der Waals surface area contributed by atoms with Crippen LogP contribution in [0.1, 0.15) is 29.5 Å². The van der Waals surface area contributed by atoms with Crippen LogP contribution in [0.15, 0.2) is 48.5 Å². The van der Waals surface area contributed by atoms with Crippen molar-refractivity contribution in [2.24, 2.45) is 0 Å². The third-order valence-corrected chi connectivity index (χ3v) is 4.31. The monoisotopic (exact) mass is 372 g/mol. The fraction of sp³-hybridized carbons (Fsp3) is 0.333. The number of carbonyl (C=O) groups is 2. The second-order valence-corrected chi connectivity index (χ2v) is 6.72. The predicted octanol–water partition coefficient (Wildman–Crippen LogP) is 3.75. The molecule has 1 unspecified atom stereocenters. The SMILES string of the molecule is Cc1ccc(F)c(CN(C)C(=O)NC(CCC(=O)O)Cc2ccccc2)c1. The van der Waals surface area contributed by atoms with Gasteiger partial charge in [-0.2, -0.15) is 0 Å². The number of carboxylic acid groups (broad SMARTS) is 1. The third kappa shape index (κ3) is 6.73. The van der Waals surface area contributed by atoms with Crippen molar-refractivity contribution in [1.29, 1.82) is 0 Å². The molecule has 0 aliphatic rings. The van der Waals surface area contributed by atoms with Crippen molar-refractivity contribution in [3.05, 3.63) is 71.0 Å². The summed E-state index contributed by atoms with van der Waals surface area (Å²) in [5.41, 5.74) is 2.38. The highest BCUT2D eigenvalue weighted by molar-refractivity contribution is 5.74. The molecule has 6 heteroatoms. The number of amides is 2. The molecule has 2 amide bonds. The van der Waals surface area contributed by atoms with Crippen molar-refractivity contribution < 1.29 is 19.1 Å². The van der Waals surface area contributed by atoms with Crippen LogP contribution in [0.5, 0.6) is 0 Å². The number of nitrogens with one attached hydrogen (secondary N) is 1. The Hall–Kier alpha value is -2.89. The van der Waals surface area contributed by atoms with Gasteiger partial charge in [-0.1, -0.05) is 48.0 Å². The molecule has 2 aromatic rings. The Bertz CT molecular complexity index is 780. The van der Waals surface area contributed by atoms with E-state index in [1.54, 1.807) is 19.2 Å². The Balaban J connectivity index is 2.02. The molecular formula is C21H25FN2O3. The van der Waals surface area contributed by atoms with Crippen LogP contribution in [-0.4, -0.2) is 35.1 Å². The molecule has 0 heterocycles. The van der Waals surface area contributed by atoms with Gasteiger partial charge in [0.15, 0.2) is 0 Å². The highest BCUT2D eigenvalue weighted by atomic mass is 19.1. The molecule has 144 valence electrons. The highest BCUT2D eigenvalue weighted by Gasteiger charge is 2.18. The molecule has 2 rings (SSSR count). The first kappa shape index (κ1) is 20.4. The van der Waals surface area contributed by atoms with Gasteiger partial charge in [0, 0.05) is 31.6 Å². The number of rotatable bonds is 8. The van der Waals surface area contributed by atoms with Crippen molar-refractivity contribution in [3.63, 3.8) is 0 Å². The zero-order valence-electron chi connectivity index (χ0n) is 15.6. The summed E-state index contributed by atoms with van der Waals surface area (Å²) in [6.45, 7) is 2.00. The fourth-order valence-electron chi connectivity index (χ4n) is 2.86. The van der Waals surface area contributed by atoms with E-state index in [1.165, 1.54) is 11.0 Å². The molecule has 0 aromatic heterocycles. The van der Waals surface area contributed by atoms with Gasteiger partial charge in [-0.15, -0.1) is 0 Å². The van der Waals surface area contributed by atoms with E-state index in [-0.39, 0.29) is 30.9 Å². The summed E-state index contributed by atoms with van der Waals surface area (Å²) in [7, 11) is 1.59. The highest BCUT2D eigenvalue weighted by Crippen LogP contribution is 2.13. The van der Waals surface area contributed by atoms with Gasteiger partial charge in [0.05, 0.1) is 0 Å². The van der Waals surface area contributed by atoms with Gasteiger partial charge < -0.3 is 15.3 Å². The third-order valence-electron chi connectivity index (χ3n) is 4.31. The van der Waals surface area contributed by atoms with Crippen LogP contribution >= 0.6 is 0 Å². The van der Waals surface area contributed by atoms with Crippen LogP contribution in [0, 0.1) is 12.7 Å². The van der Waals surface area contributed by atoms with Crippen LogP contribution in [0.25, 0.3) is 0 Å². The zero-order chi connectivity index (χ0) is 19.8. The summed E-state index contributed by atoms with van der Waals surface area (Å²) in [5.74, 6) is -1.26. The number of aliphatic carboxylic acids is 1. The maximum atomic E-state index is 13.9. The van der Waals surface area contributed by atoms with Crippen molar-refractivity contribution in [2.75, 3.05) is 7.05 Å². The van der Waals surface area contributed by atoms with E-state index in [1.807, 2.05) is 37.3 Å². The number of hydrogen-bond donors (Lipinski definition) is 2. The average Bonchev–Trinajstić information content (AvgIpc) is 2.63. The van der Waals surface area contributed by atoms with Gasteiger partial charge in [0.25, 0.3) is 0 Å². The largest absolute Gasteiger partial charge is 0.481 e. The second kappa shape index (κ2) is 9.71. The minimum absolute atomic E-state index is 0.0337. The average molecular weight is 372 g/mol. The van der Waals surface area contributed by atoms with Gasteiger partial charge >= 0.3 is 12.0 Å². The molecule has 0 radical (unpaired) electrons. The lowest BCUT2D eigenvalue weighted by molar-refractivity contribution is -0.137. The normalized spacial score (nSPS) is 11.7. The first-order chi connectivity index (χ1) is 12.8. The van der Waals surface area contributed by atoms with E-state index in [9.17, 15) is 14.0 Å². The molecule has 0 fully saturated rings. The summed E-state index contributed by atoms with van der Waals surface area (Å²) >= 11 is 0. The number of carbonyl (C=O) groups excluding carboxylic acids is 1. The zero-order valence-corrected chi connectivity index (χ0v) is 15.6. The van der Waals surface area contributed by atoms with Crippen molar-refractivity contribution in [3.8, 4) is 0 Å². The van der Waals surface area contributed by atoms with Crippen molar-refractivity contribution in [2.45, 2.75) is 38.8 Å². The van der Waals surface area contributed by atoms with Gasteiger partial charge in [0.2, 0.25) is 0 Å². The number of nitrogens with zero attached hydrogens (tertiary/aromatic N) is 1. The number of carboxylic acids is 1. The molecule has 1 atom stereocenters. The van der Waals surface area contributed by atoms with E-state index in [4.69, 9.17) is 5.11 Å². The summed E-state index contributed by atoms with van der Waals surface area (Å²) in [5, 5.41) is 11.8. The van der Waals surface area contributed by atoms with Crippen LogP contribution in [0.3, 0.4) is 0 Å². The summed E-state index contributed by atoms with van der Waals surface area (Å²) in [6.07, 6.45) is 0.823. The van der Waals surface area contributed by atoms with Crippen LogP contribution in [0.4, 0.5) is 9.18 Å². The Morgan fingerprint density at radius 3 is 2.56 bits per heavy atom.